The Morgan fingerprint density at radius 3 is 1.70 bits per heavy atom. The van der Waals surface area contributed by atoms with Crippen LogP contribution in [-0.2, 0) is 18.9 Å². The molecule has 0 spiro atoms. The molecule has 1 saturated carbocycles. The van der Waals surface area contributed by atoms with Crippen LogP contribution in [0.2, 0.25) is 0 Å². The number of hydrogen-bond donors (Lipinski definition) is 0. The number of aryl methyl sites for hydroxylation is 2. The molecule has 0 bridgehead atoms. The predicted octanol–water partition coefficient (Wildman–Crippen LogP) is 4.22. The third-order valence-corrected chi connectivity index (χ3v) is 4.53. The number of aromatic nitrogens is 2. The largest absolute Gasteiger partial charge is 0.351 e. The van der Waals surface area contributed by atoms with E-state index in [4.69, 9.17) is 0 Å². The zero-order valence-corrected chi connectivity index (χ0v) is 14.3. The van der Waals surface area contributed by atoms with E-state index in [0.717, 1.165) is 35.4 Å². The average Bonchev–Trinajstić information content (AvgIpc) is 3.05. The highest BCUT2D eigenvalue weighted by molar-refractivity contribution is 6.14. The highest BCUT2D eigenvalue weighted by atomic mass is 16.1. The van der Waals surface area contributed by atoms with E-state index in [9.17, 15) is 4.79 Å². The van der Waals surface area contributed by atoms with Crippen molar-refractivity contribution in [1.29, 1.82) is 0 Å². The zero-order chi connectivity index (χ0) is 16.6. The van der Waals surface area contributed by atoms with Crippen LogP contribution >= 0.6 is 0 Å². The van der Waals surface area contributed by atoms with Gasteiger partial charge >= 0.3 is 0 Å². The van der Waals surface area contributed by atoms with Crippen molar-refractivity contribution in [3.05, 3.63) is 59.2 Å². The summed E-state index contributed by atoms with van der Waals surface area (Å²) in [4.78, 5) is 12.9. The molecule has 2 aromatic rings. The van der Waals surface area contributed by atoms with E-state index in [1.165, 1.54) is 0 Å². The van der Waals surface area contributed by atoms with Gasteiger partial charge in [-0.25, -0.2) is 0 Å². The fraction of sp³-hybridized carbons (Fsp3) is 0.350. The summed E-state index contributed by atoms with van der Waals surface area (Å²) in [5.41, 5.74) is 4.06. The second-order valence-electron chi connectivity index (χ2n) is 7.27. The van der Waals surface area contributed by atoms with Crippen LogP contribution < -0.4 is 0 Å². The minimum atomic E-state index is 0.0991. The van der Waals surface area contributed by atoms with Gasteiger partial charge in [0, 0.05) is 49.0 Å². The molecule has 0 aliphatic heterocycles. The van der Waals surface area contributed by atoms with E-state index in [1.54, 1.807) is 0 Å². The molecule has 3 nitrogen and oxygen atoms in total. The summed E-state index contributed by atoms with van der Waals surface area (Å²) < 4.78 is 4.09. The Kier molecular flexibility index (Phi) is 3.88. The number of allylic oxidation sites excluding steroid dienone is 2. The first-order valence-corrected chi connectivity index (χ1v) is 8.04. The molecule has 0 atom stereocenters. The van der Waals surface area contributed by atoms with Crippen molar-refractivity contribution < 1.29 is 4.79 Å². The van der Waals surface area contributed by atoms with E-state index in [1.807, 2.05) is 72.0 Å². The number of Topliss-reactive ketones (excluding diaryl/α,β-unsaturated/α-hetero) is 1. The van der Waals surface area contributed by atoms with Gasteiger partial charge in [0.15, 0.2) is 5.78 Å². The molecule has 0 aromatic carbocycles. The monoisotopic (exact) mass is 308 g/mol. The Balaban J connectivity index is 2.01. The Morgan fingerprint density at radius 2 is 1.35 bits per heavy atom. The maximum absolute atomic E-state index is 12.9. The summed E-state index contributed by atoms with van der Waals surface area (Å²) in [6, 6.07) is 8.10. The summed E-state index contributed by atoms with van der Waals surface area (Å²) >= 11 is 0. The summed E-state index contributed by atoms with van der Waals surface area (Å²) in [5.74, 6) is 0.187. The SMILES string of the molecule is Cn1cccc1C=C1CC(C)(C)CC(=Cc2cccn2C)C1=O. The number of carbonyl (C=O) groups excluding carboxylic acids is 1. The first-order chi connectivity index (χ1) is 10.9. The van der Waals surface area contributed by atoms with Crippen LogP contribution in [0.3, 0.4) is 0 Å². The van der Waals surface area contributed by atoms with Crippen molar-refractivity contribution in [2.75, 3.05) is 0 Å². The number of rotatable bonds is 2. The Morgan fingerprint density at radius 1 is 0.913 bits per heavy atom. The molecule has 2 heterocycles. The van der Waals surface area contributed by atoms with Gasteiger partial charge in [-0.05, 0) is 54.7 Å². The molecule has 2 aromatic heterocycles. The molecule has 1 fully saturated rings. The predicted molar refractivity (Wildman–Crippen MR) is 94.8 cm³/mol. The lowest BCUT2D eigenvalue weighted by atomic mass is 9.71. The highest BCUT2D eigenvalue weighted by Crippen LogP contribution is 2.40. The molecule has 0 unspecified atom stereocenters. The lowest BCUT2D eigenvalue weighted by molar-refractivity contribution is -0.113. The summed E-state index contributed by atoms with van der Waals surface area (Å²) in [6.45, 7) is 4.47. The summed E-state index contributed by atoms with van der Waals surface area (Å²) in [6.07, 6.45) is 9.74. The van der Waals surface area contributed by atoms with Gasteiger partial charge in [0.05, 0.1) is 0 Å². The number of hydrogen-bond acceptors (Lipinski definition) is 1. The normalized spacial score (nSPS) is 21.3. The highest BCUT2D eigenvalue weighted by Gasteiger charge is 2.33. The van der Waals surface area contributed by atoms with Crippen LogP contribution in [0.15, 0.2) is 47.8 Å². The molecule has 3 heteroatoms. The van der Waals surface area contributed by atoms with Crippen molar-refractivity contribution in [1.82, 2.24) is 9.13 Å². The van der Waals surface area contributed by atoms with Crippen molar-refractivity contribution >= 4 is 17.9 Å². The van der Waals surface area contributed by atoms with Crippen LogP contribution in [0.1, 0.15) is 38.1 Å². The smallest absolute Gasteiger partial charge is 0.185 e. The summed E-state index contributed by atoms with van der Waals surface area (Å²) in [5, 5.41) is 0. The fourth-order valence-corrected chi connectivity index (χ4v) is 3.30. The lowest BCUT2D eigenvalue weighted by Crippen LogP contribution is -2.26. The van der Waals surface area contributed by atoms with Crippen molar-refractivity contribution in [3.63, 3.8) is 0 Å². The number of nitrogens with zero attached hydrogens (tertiary/aromatic N) is 2. The van der Waals surface area contributed by atoms with Crippen LogP contribution in [-0.4, -0.2) is 14.9 Å². The van der Waals surface area contributed by atoms with Gasteiger partial charge in [-0.1, -0.05) is 13.8 Å². The first kappa shape index (κ1) is 15.6. The van der Waals surface area contributed by atoms with Crippen molar-refractivity contribution in [3.8, 4) is 0 Å². The van der Waals surface area contributed by atoms with Crippen LogP contribution in [0.25, 0.3) is 12.2 Å². The van der Waals surface area contributed by atoms with Gasteiger partial charge in [0.1, 0.15) is 0 Å². The molecule has 0 radical (unpaired) electrons. The first-order valence-electron chi connectivity index (χ1n) is 8.04. The number of carbonyl (C=O) groups is 1. The fourth-order valence-electron chi connectivity index (χ4n) is 3.30. The molecule has 1 aliphatic rings. The standard InChI is InChI=1S/C20H24N2O/c1-20(2)13-15(11-17-7-5-9-21(17)3)19(23)16(14-20)12-18-8-6-10-22(18)4/h5-12H,13-14H2,1-4H3. The lowest BCUT2D eigenvalue weighted by Gasteiger charge is -2.32. The maximum atomic E-state index is 12.9. The van der Waals surface area contributed by atoms with Gasteiger partial charge in [-0.2, -0.15) is 0 Å². The van der Waals surface area contributed by atoms with Crippen LogP contribution in [0.4, 0.5) is 0 Å². The van der Waals surface area contributed by atoms with Gasteiger partial charge in [0.25, 0.3) is 0 Å². The third-order valence-electron chi connectivity index (χ3n) is 4.53. The molecule has 23 heavy (non-hydrogen) atoms. The van der Waals surface area contributed by atoms with Crippen molar-refractivity contribution in [2.45, 2.75) is 26.7 Å². The third kappa shape index (κ3) is 3.24. The molecule has 0 saturated heterocycles. The minimum Gasteiger partial charge on any atom is -0.351 e. The molecule has 3 rings (SSSR count). The van der Waals surface area contributed by atoms with E-state index < -0.39 is 0 Å². The minimum absolute atomic E-state index is 0.0991. The van der Waals surface area contributed by atoms with Crippen molar-refractivity contribution in [2.24, 2.45) is 19.5 Å². The second-order valence-corrected chi connectivity index (χ2v) is 7.27. The maximum Gasteiger partial charge on any atom is 0.185 e. The van der Waals surface area contributed by atoms with Gasteiger partial charge in [-0.15, -0.1) is 0 Å². The molecule has 0 amide bonds. The summed E-state index contributed by atoms with van der Waals surface area (Å²) in [7, 11) is 4.01. The zero-order valence-electron chi connectivity index (χ0n) is 14.3. The van der Waals surface area contributed by atoms with Gasteiger partial charge < -0.3 is 9.13 Å². The van der Waals surface area contributed by atoms with Crippen LogP contribution in [0, 0.1) is 5.41 Å². The van der Waals surface area contributed by atoms with Gasteiger partial charge in [-0.3, -0.25) is 4.79 Å². The quantitative estimate of drug-likeness (QED) is 0.763. The molecular weight excluding hydrogens is 284 g/mol. The molecule has 1 aliphatic carbocycles. The van der Waals surface area contributed by atoms with Gasteiger partial charge in [0.2, 0.25) is 0 Å². The van der Waals surface area contributed by atoms with E-state index in [0.29, 0.717) is 0 Å². The Labute approximate surface area is 137 Å². The molecule has 120 valence electrons. The Bertz CT molecular complexity index is 735. The topological polar surface area (TPSA) is 26.9 Å². The van der Waals surface area contributed by atoms with Crippen LogP contribution in [0.5, 0.6) is 0 Å². The second kappa shape index (κ2) is 5.73. The van der Waals surface area contributed by atoms with E-state index in [2.05, 4.69) is 13.8 Å². The Hall–Kier alpha value is -2.29. The molecule has 0 N–H and O–H groups in total. The van der Waals surface area contributed by atoms with E-state index >= 15 is 0 Å². The van der Waals surface area contributed by atoms with E-state index in [-0.39, 0.29) is 11.2 Å². The molecular formula is C20H24N2O. The number of ketones is 1. The average molecular weight is 308 g/mol.